The van der Waals surface area contributed by atoms with Crippen molar-refractivity contribution in [2.75, 3.05) is 6.54 Å². The van der Waals surface area contributed by atoms with E-state index in [1.165, 1.54) is 0 Å². The van der Waals surface area contributed by atoms with Gasteiger partial charge in [0.05, 0.1) is 0 Å². The number of carbonyl (C=O) groups excluding carboxylic acids is 1. The summed E-state index contributed by atoms with van der Waals surface area (Å²) in [6.07, 6.45) is 0.251. The lowest BCUT2D eigenvalue weighted by Crippen LogP contribution is -2.59. The zero-order chi connectivity index (χ0) is 14.6. The first kappa shape index (κ1) is 14.3. The van der Waals surface area contributed by atoms with E-state index in [0.29, 0.717) is 19.4 Å². The smallest absolute Gasteiger partial charge is 0.407 e. The molecule has 0 aromatic heterocycles. The molecule has 108 valence electrons. The van der Waals surface area contributed by atoms with Crippen LogP contribution in [0.2, 0.25) is 0 Å². The van der Waals surface area contributed by atoms with Crippen molar-refractivity contribution in [2.24, 2.45) is 11.7 Å². The van der Waals surface area contributed by atoms with Crippen LogP contribution in [0, 0.1) is 5.92 Å². The van der Waals surface area contributed by atoms with E-state index in [0.717, 1.165) is 5.56 Å². The third kappa shape index (κ3) is 3.48. The van der Waals surface area contributed by atoms with Crippen molar-refractivity contribution in [2.45, 2.75) is 25.0 Å². The first-order chi connectivity index (χ1) is 9.49. The molecular formula is C14H18N2O4. The number of carboxylic acid groups (broad SMARTS) is 1. The van der Waals surface area contributed by atoms with Crippen LogP contribution in [0.25, 0.3) is 0 Å². The number of nitrogens with two attached hydrogens (primary N) is 1. The third-order valence-electron chi connectivity index (χ3n) is 3.48. The molecule has 0 radical (unpaired) electrons. The van der Waals surface area contributed by atoms with E-state index in [4.69, 9.17) is 15.6 Å². The topological polar surface area (TPSA) is 102 Å². The van der Waals surface area contributed by atoms with E-state index >= 15 is 0 Å². The normalized spacial score (nSPS) is 24.6. The predicted octanol–water partition coefficient (Wildman–Crippen LogP) is 1.10. The lowest BCUT2D eigenvalue weighted by atomic mass is 9.69. The Balaban J connectivity index is 1.63. The van der Waals surface area contributed by atoms with Crippen LogP contribution in [0.4, 0.5) is 4.79 Å². The molecule has 0 spiro atoms. The Morgan fingerprint density at radius 3 is 2.60 bits per heavy atom. The minimum atomic E-state index is -1.12. The van der Waals surface area contributed by atoms with Gasteiger partial charge in [-0.05, 0) is 24.3 Å². The number of carboxylic acids is 1. The van der Waals surface area contributed by atoms with Gasteiger partial charge in [0.25, 0.3) is 0 Å². The molecule has 0 unspecified atom stereocenters. The molecular weight excluding hydrogens is 260 g/mol. The fraction of sp³-hybridized carbons (Fsp3) is 0.429. The molecule has 1 amide bonds. The molecule has 1 fully saturated rings. The van der Waals surface area contributed by atoms with E-state index in [1.807, 2.05) is 30.3 Å². The van der Waals surface area contributed by atoms with Crippen LogP contribution in [-0.2, 0) is 16.1 Å². The van der Waals surface area contributed by atoms with E-state index in [1.54, 1.807) is 0 Å². The lowest BCUT2D eigenvalue weighted by molar-refractivity contribution is -0.148. The highest BCUT2D eigenvalue weighted by Gasteiger charge is 2.47. The first-order valence-corrected chi connectivity index (χ1v) is 6.46. The van der Waals surface area contributed by atoms with E-state index < -0.39 is 17.6 Å². The molecule has 2 rings (SSSR count). The maximum Gasteiger partial charge on any atom is 0.407 e. The summed E-state index contributed by atoms with van der Waals surface area (Å²) >= 11 is 0. The van der Waals surface area contributed by atoms with Gasteiger partial charge in [-0.2, -0.15) is 0 Å². The van der Waals surface area contributed by atoms with Crippen molar-refractivity contribution in [3.8, 4) is 0 Å². The van der Waals surface area contributed by atoms with Crippen molar-refractivity contribution in [1.29, 1.82) is 0 Å². The van der Waals surface area contributed by atoms with Crippen LogP contribution in [0.5, 0.6) is 0 Å². The fourth-order valence-corrected chi connectivity index (χ4v) is 2.29. The van der Waals surface area contributed by atoms with Gasteiger partial charge in [0.1, 0.15) is 12.1 Å². The Labute approximate surface area is 116 Å². The van der Waals surface area contributed by atoms with Gasteiger partial charge in [-0.25, -0.2) is 4.79 Å². The molecule has 6 heteroatoms. The van der Waals surface area contributed by atoms with Gasteiger partial charge >= 0.3 is 12.1 Å². The average molecular weight is 278 g/mol. The Hall–Kier alpha value is -2.08. The zero-order valence-corrected chi connectivity index (χ0v) is 11.0. The van der Waals surface area contributed by atoms with Gasteiger partial charge in [-0.3, -0.25) is 4.79 Å². The van der Waals surface area contributed by atoms with Crippen LogP contribution < -0.4 is 11.1 Å². The summed E-state index contributed by atoms with van der Waals surface area (Å²) in [5.74, 6) is -0.888. The second-order valence-corrected chi connectivity index (χ2v) is 5.18. The molecule has 1 aliphatic rings. The van der Waals surface area contributed by atoms with Crippen LogP contribution >= 0.6 is 0 Å². The number of nitrogens with one attached hydrogen (secondary N) is 1. The highest BCUT2D eigenvalue weighted by atomic mass is 16.5. The van der Waals surface area contributed by atoms with E-state index in [2.05, 4.69) is 5.32 Å². The number of alkyl carbamates (subject to hydrolysis) is 1. The summed E-state index contributed by atoms with van der Waals surface area (Å²) in [5.41, 5.74) is 5.42. The number of aliphatic carboxylic acids is 1. The first-order valence-electron chi connectivity index (χ1n) is 6.46. The Morgan fingerprint density at radius 2 is 2.00 bits per heavy atom. The number of ether oxygens (including phenoxy) is 1. The van der Waals surface area contributed by atoms with Gasteiger partial charge in [-0.1, -0.05) is 30.3 Å². The van der Waals surface area contributed by atoms with Crippen molar-refractivity contribution in [3.05, 3.63) is 35.9 Å². The minimum absolute atomic E-state index is 0.0976. The zero-order valence-electron chi connectivity index (χ0n) is 11.0. The number of benzene rings is 1. The van der Waals surface area contributed by atoms with Crippen molar-refractivity contribution in [1.82, 2.24) is 5.32 Å². The molecule has 0 aliphatic heterocycles. The maximum atomic E-state index is 11.5. The molecule has 1 saturated carbocycles. The van der Waals surface area contributed by atoms with Crippen LogP contribution in [0.15, 0.2) is 30.3 Å². The van der Waals surface area contributed by atoms with Crippen molar-refractivity contribution >= 4 is 12.1 Å². The SMILES string of the molecule is NC1(C(=O)O)CC(CNC(=O)OCc2ccccc2)C1. The van der Waals surface area contributed by atoms with Gasteiger partial charge < -0.3 is 20.9 Å². The van der Waals surface area contributed by atoms with Crippen LogP contribution in [0.1, 0.15) is 18.4 Å². The molecule has 0 saturated heterocycles. The minimum Gasteiger partial charge on any atom is -0.480 e. The molecule has 0 atom stereocenters. The molecule has 1 aliphatic carbocycles. The van der Waals surface area contributed by atoms with E-state index in [-0.39, 0.29) is 12.5 Å². The Kier molecular flexibility index (Phi) is 4.24. The number of amides is 1. The standard InChI is InChI=1S/C14H18N2O4/c15-14(12(17)18)6-11(7-14)8-16-13(19)20-9-10-4-2-1-3-5-10/h1-5,11H,6-9,15H2,(H,16,19)(H,17,18). The highest BCUT2D eigenvalue weighted by Crippen LogP contribution is 2.35. The predicted molar refractivity (Wildman–Crippen MR) is 71.9 cm³/mol. The van der Waals surface area contributed by atoms with Gasteiger partial charge in [0.15, 0.2) is 0 Å². The van der Waals surface area contributed by atoms with Gasteiger partial charge in [0, 0.05) is 6.54 Å². The number of hydrogen-bond acceptors (Lipinski definition) is 4. The number of carbonyl (C=O) groups is 2. The number of hydrogen-bond donors (Lipinski definition) is 3. The van der Waals surface area contributed by atoms with Gasteiger partial charge in [0.2, 0.25) is 0 Å². The largest absolute Gasteiger partial charge is 0.480 e. The summed E-state index contributed by atoms with van der Waals surface area (Å²) < 4.78 is 5.05. The molecule has 0 bridgehead atoms. The average Bonchev–Trinajstić information content (AvgIpc) is 2.41. The highest BCUT2D eigenvalue weighted by molar-refractivity contribution is 5.79. The van der Waals surface area contributed by atoms with Crippen molar-refractivity contribution < 1.29 is 19.4 Å². The maximum absolute atomic E-state index is 11.5. The summed E-state index contributed by atoms with van der Waals surface area (Å²) in [7, 11) is 0. The molecule has 1 aromatic carbocycles. The second kappa shape index (κ2) is 5.92. The molecule has 4 N–H and O–H groups in total. The second-order valence-electron chi connectivity index (χ2n) is 5.18. The van der Waals surface area contributed by atoms with Crippen LogP contribution in [-0.4, -0.2) is 29.3 Å². The monoisotopic (exact) mass is 278 g/mol. The quantitative estimate of drug-likeness (QED) is 0.748. The molecule has 1 aromatic rings. The van der Waals surface area contributed by atoms with Crippen molar-refractivity contribution in [3.63, 3.8) is 0 Å². The molecule has 0 heterocycles. The van der Waals surface area contributed by atoms with E-state index in [9.17, 15) is 9.59 Å². The Bertz CT molecular complexity index is 483. The number of rotatable bonds is 5. The summed E-state index contributed by atoms with van der Waals surface area (Å²) in [5, 5.41) is 11.5. The third-order valence-corrected chi connectivity index (χ3v) is 3.48. The molecule has 20 heavy (non-hydrogen) atoms. The summed E-state index contributed by atoms with van der Waals surface area (Å²) in [6.45, 7) is 0.604. The lowest BCUT2D eigenvalue weighted by Gasteiger charge is -2.41. The van der Waals surface area contributed by atoms with Gasteiger partial charge in [-0.15, -0.1) is 0 Å². The fourth-order valence-electron chi connectivity index (χ4n) is 2.29. The summed E-state index contributed by atoms with van der Waals surface area (Å²) in [6, 6.07) is 9.38. The molecule has 6 nitrogen and oxygen atoms in total. The Morgan fingerprint density at radius 1 is 1.35 bits per heavy atom. The van der Waals surface area contributed by atoms with Crippen LogP contribution in [0.3, 0.4) is 0 Å². The summed E-state index contributed by atoms with van der Waals surface area (Å²) in [4.78, 5) is 22.3.